The first-order chi connectivity index (χ1) is 12.0. The second kappa shape index (κ2) is 7.74. The van der Waals surface area contributed by atoms with Crippen LogP contribution in [0.2, 0.25) is 15.1 Å². The van der Waals surface area contributed by atoms with Gasteiger partial charge in [0.1, 0.15) is 5.82 Å². The normalized spacial score (nSPS) is 10.4. The maximum atomic E-state index is 12.2. The summed E-state index contributed by atoms with van der Waals surface area (Å²) in [6.45, 7) is 0. The van der Waals surface area contributed by atoms with Gasteiger partial charge in [0.15, 0.2) is 0 Å². The highest BCUT2D eigenvalue weighted by Gasteiger charge is 2.09. The Morgan fingerprint density at radius 1 is 0.840 bits per heavy atom. The molecule has 0 fully saturated rings. The molecule has 0 atom stereocenters. The van der Waals surface area contributed by atoms with Gasteiger partial charge < -0.3 is 10.6 Å². The summed E-state index contributed by atoms with van der Waals surface area (Å²) < 4.78 is 0. The van der Waals surface area contributed by atoms with Crippen molar-refractivity contribution in [2.45, 2.75) is 0 Å². The minimum Gasteiger partial charge on any atom is -0.340 e. The van der Waals surface area contributed by atoms with Crippen molar-refractivity contribution in [3.05, 3.63) is 81.4 Å². The van der Waals surface area contributed by atoms with E-state index in [1.165, 1.54) is 6.07 Å². The molecule has 1 heterocycles. The van der Waals surface area contributed by atoms with Crippen LogP contribution in [0.3, 0.4) is 0 Å². The van der Waals surface area contributed by atoms with Gasteiger partial charge in [0.05, 0.1) is 21.9 Å². The molecule has 0 aliphatic heterocycles. The second-order valence-electron chi connectivity index (χ2n) is 5.15. The van der Waals surface area contributed by atoms with Crippen LogP contribution >= 0.6 is 34.8 Å². The summed E-state index contributed by atoms with van der Waals surface area (Å²) in [4.78, 5) is 16.5. The molecule has 0 radical (unpaired) electrons. The molecule has 2 aromatic carbocycles. The van der Waals surface area contributed by atoms with Gasteiger partial charge in [-0.25, -0.2) is 4.98 Å². The summed E-state index contributed by atoms with van der Waals surface area (Å²) in [5, 5.41) is 7.29. The standard InChI is InChI=1S/C18H12Cl3N3O/c19-12-2-4-13(5-3-12)23-17-8-6-14(10-22-17)24-18(25)11-1-7-15(20)16(21)9-11/h1-10H,(H,22,23)(H,24,25). The monoisotopic (exact) mass is 391 g/mol. The fraction of sp³-hybridized carbons (Fsp3) is 0. The number of anilines is 3. The Hall–Kier alpha value is -2.27. The van der Waals surface area contributed by atoms with Gasteiger partial charge in [-0.2, -0.15) is 0 Å². The number of rotatable bonds is 4. The number of nitrogens with one attached hydrogen (secondary N) is 2. The van der Waals surface area contributed by atoms with Gasteiger partial charge in [-0.15, -0.1) is 0 Å². The third kappa shape index (κ3) is 4.63. The molecule has 7 heteroatoms. The highest BCUT2D eigenvalue weighted by molar-refractivity contribution is 6.42. The van der Waals surface area contributed by atoms with Crippen molar-refractivity contribution in [1.82, 2.24) is 4.98 Å². The average molecular weight is 393 g/mol. The van der Waals surface area contributed by atoms with Crippen molar-refractivity contribution in [1.29, 1.82) is 0 Å². The molecule has 126 valence electrons. The molecule has 0 unspecified atom stereocenters. The Balaban J connectivity index is 1.66. The number of hydrogen-bond acceptors (Lipinski definition) is 3. The number of halogens is 3. The molecule has 1 aromatic heterocycles. The molecule has 1 amide bonds. The lowest BCUT2D eigenvalue weighted by molar-refractivity contribution is 0.102. The maximum absolute atomic E-state index is 12.2. The van der Waals surface area contributed by atoms with E-state index in [1.807, 2.05) is 12.1 Å². The second-order valence-corrected chi connectivity index (χ2v) is 6.40. The van der Waals surface area contributed by atoms with E-state index in [0.717, 1.165) is 5.69 Å². The highest BCUT2D eigenvalue weighted by Crippen LogP contribution is 2.23. The molecular formula is C18H12Cl3N3O. The van der Waals surface area contributed by atoms with E-state index in [9.17, 15) is 4.79 Å². The summed E-state index contributed by atoms with van der Waals surface area (Å²) in [5.41, 5.74) is 1.85. The Bertz CT molecular complexity index is 896. The molecule has 25 heavy (non-hydrogen) atoms. The quantitative estimate of drug-likeness (QED) is 0.569. The fourth-order valence-corrected chi connectivity index (χ4v) is 2.49. The van der Waals surface area contributed by atoms with Crippen LogP contribution in [0.1, 0.15) is 10.4 Å². The summed E-state index contributed by atoms with van der Waals surface area (Å²) >= 11 is 17.6. The van der Waals surface area contributed by atoms with Crippen molar-refractivity contribution >= 4 is 57.9 Å². The lowest BCUT2D eigenvalue weighted by Gasteiger charge is -2.08. The molecule has 0 saturated heterocycles. The van der Waals surface area contributed by atoms with Gasteiger partial charge in [0, 0.05) is 16.3 Å². The zero-order chi connectivity index (χ0) is 17.8. The minimum absolute atomic E-state index is 0.293. The van der Waals surface area contributed by atoms with Gasteiger partial charge >= 0.3 is 0 Å². The van der Waals surface area contributed by atoms with Crippen molar-refractivity contribution in [2.75, 3.05) is 10.6 Å². The van der Waals surface area contributed by atoms with Gasteiger partial charge in [-0.05, 0) is 54.6 Å². The molecule has 3 aromatic rings. The third-order valence-corrected chi connectivity index (χ3v) is 4.31. The first-order valence-electron chi connectivity index (χ1n) is 7.26. The number of benzene rings is 2. The smallest absolute Gasteiger partial charge is 0.255 e. The number of aromatic nitrogens is 1. The van der Waals surface area contributed by atoms with Crippen LogP contribution in [-0.4, -0.2) is 10.9 Å². The maximum Gasteiger partial charge on any atom is 0.255 e. The predicted octanol–water partition coefficient (Wildman–Crippen LogP) is 6.04. The van der Waals surface area contributed by atoms with Gasteiger partial charge in [-0.3, -0.25) is 4.79 Å². The summed E-state index contributed by atoms with van der Waals surface area (Å²) in [7, 11) is 0. The van der Waals surface area contributed by atoms with E-state index < -0.39 is 0 Å². The van der Waals surface area contributed by atoms with E-state index in [1.54, 1.807) is 42.6 Å². The molecule has 0 bridgehead atoms. The zero-order valence-electron chi connectivity index (χ0n) is 12.8. The average Bonchev–Trinajstić information content (AvgIpc) is 2.61. The van der Waals surface area contributed by atoms with E-state index >= 15 is 0 Å². The number of amides is 1. The van der Waals surface area contributed by atoms with E-state index in [-0.39, 0.29) is 5.91 Å². The Morgan fingerprint density at radius 3 is 2.20 bits per heavy atom. The Morgan fingerprint density at radius 2 is 1.56 bits per heavy atom. The number of carbonyl (C=O) groups excluding carboxylic acids is 1. The van der Waals surface area contributed by atoms with Crippen molar-refractivity contribution in [3.8, 4) is 0 Å². The van der Waals surface area contributed by atoms with Crippen molar-refractivity contribution < 1.29 is 4.79 Å². The molecule has 0 saturated carbocycles. The van der Waals surface area contributed by atoms with E-state index in [2.05, 4.69) is 15.6 Å². The Labute approximate surface area is 159 Å². The molecular weight excluding hydrogens is 381 g/mol. The topological polar surface area (TPSA) is 54.0 Å². The molecule has 0 aliphatic carbocycles. The van der Waals surface area contributed by atoms with Crippen LogP contribution in [0, 0.1) is 0 Å². The lowest BCUT2D eigenvalue weighted by atomic mass is 10.2. The van der Waals surface area contributed by atoms with E-state index in [0.29, 0.717) is 32.1 Å². The fourth-order valence-electron chi connectivity index (χ4n) is 2.06. The molecule has 0 spiro atoms. The van der Waals surface area contributed by atoms with E-state index in [4.69, 9.17) is 34.8 Å². The zero-order valence-corrected chi connectivity index (χ0v) is 15.0. The van der Waals surface area contributed by atoms with Gasteiger partial charge in [0.25, 0.3) is 5.91 Å². The summed E-state index contributed by atoms with van der Waals surface area (Å²) in [5.74, 6) is 0.355. The van der Waals surface area contributed by atoms with Crippen LogP contribution in [0.25, 0.3) is 0 Å². The molecule has 0 aliphatic rings. The lowest BCUT2D eigenvalue weighted by Crippen LogP contribution is -2.12. The van der Waals surface area contributed by atoms with Crippen molar-refractivity contribution in [3.63, 3.8) is 0 Å². The summed E-state index contributed by atoms with van der Waals surface area (Å²) in [6.07, 6.45) is 1.56. The van der Waals surface area contributed by atoms with Crippen molar-refractivity contribution in [2.24, 2.45) is 0 Å². The molecule has 3 rings (SSSR count). The van der Waals surface area contributed by atoms with Gasteiger partial charge in [0.2, 0.25) is 0 Å². The first kappa shape index (κ1) is 17.5. The van der Waals surface area contributed by atoms with Crippen LogP contribution in [0.15, 0.2) is 60.8 Å². The Kier molecular flexibility index (Phi) is 5.43. The minimum atomic E-state index is -0.293. The van der Waals surface area contributed by atoms with Crippen LogP contribution in [0.5, 0.6) is 0 Å². The molecule has 2 N–H and O–H groups in total. The van der Waals surface area contributed by atoms with Crippen LogP contribution in [-0.2, 0) is 0 Å². The van der Waals surface area contributed by atoms with Crippen LogP contribution in [0.4, 0.5) is 17.2 Å². The number of hydrogen-bond donors (Lipinski definition) is 2. The SMILES string of the molecule is O=C(Nc1ccc(Nc2ccc(Cl)cc2)nc1)c1ccc(Cl)c(Cl)c1. The summed E-state index contributed by atoms with van der Waals surface area (Å²) in [6, 6.07) is 15.5. The van der Waals surface area contributed by atoms with Crippen LogP contribution < -0.4 is 10.6 Å². The number of carbonyl (C=O) groups is 1. The van der Waals surface area contributed by atoms with Gasteiger partial charge in [-0.1, -0.05) is 34.8 Å². The largest absolute Gasteiger partial charge is 0.340 e. The number of pyridine rings is 1. The highest BCUT2D eigenvalue weighted by atomic mass is 35.5. The number of nitrogens with zero attached hydrogens (tertiary/aromatic N) is 1. The first-order valence-corrected chi connectivity index (χ1v) is 8.40. The third-order valence-electron chi connectivity index (χ3n) is 3.32. The molecule has 4 nitrogen and oxygen atoms in total. The predicted molar refractivity (Wildman–Crippen MR) is 103 cm³/mol.